The van der Waals surface area contributed by atoms with E-state index in [4.69, 9.17) is 21.1 Å². The summed E-state index contributed by atoms with van der Waals surface area (Å²) in [7, 11) is 3.10. The Bertz CT molecular complexity index is 684. The Balaban J connectivity index is 2.07. The van der Waals surface area contributed by atoms with Crippen LogP contribution in [0.3, 0.4) is 0 Å². The number of carbonyl (C=O) groups excluding carboxylic acids is 1. The molecule has 0 fully saturated rings. The molecule has 0 bridgehead atoms. The van der Waals surface area contributed by atoms with Crippen LogP contribution in [0.5, 0.6) is 11.5 Å². The number of hydrogen-bond acceptors (Lipinski definition) is 6. The smallest absolute Gasteiger partial charge is 0.291 e. The average molecular weight is 321 g/mol. The Morgan fingerprint density at radius 2 is 1.91 bits per heavy atom. The number of halogens is 1. The van der Waals surface area contributed by atoms with Gasteiger partial charge in [0.15, 0.2) is 0 Å². The maximum Gasteiger partial charge on any atom is 0.291 e. The lowest BCUT2D eigenvalue weighted by atomic mass is 10.2. The average Bonchev–Trinajstić information content (AvgIpc) is 2.54. The third-order valence-corrected chi connectivity index (χ3v) is 2.77. The van der Waals surface area contributed by atoms with Crippen LogP contribution < -0.4 is 14.9 Å². The first-order valence-corrected chi connectivity index (χ1v) is 6.54. The second-order valence-electron chi connectivity index (χ2n) is 4.07. The minimum atomic E-state index is -0.513. The quantitative estimate of drug-likeness (QED) is 0.672. The van der Waals surface area contributed by atoms with Gasteiger partial charge < -0.3 is 9.47 Å². The molecule has 1 N–H and O–H groups in total. The highest BCUT2D eigenvalue weighted by Crippen LogP contribution is 2.21. The predicted octanol–water partition coefficient (Wildman–Crippen LogP) is 1.91. The van der Waals surface area contributed by atoms with E-state index in [-0.39, 0.29) is 10.8 Å². The fourth-order valence-corrected chi connectivity index (χ4v) is 1.73. The molecule has 0 atom stereocenters. The lowest BCUT2D eigenvalue weighted by Gasteiger charge is -2.05. The predicted molar refractivity (Wildman–Crippen MR) is 81.6 cm³/mol. The lowest BCUT2D eigenvalue weighted by molar-refractivity contribution is 0.0949. The van der Waals surface area contributed by atoms with Crippen LogP contribution in [0, 0.1) is 0 Å². The number of rotatable bonds is 5. The van der Waals surface area contributed by atoms with Gasteiger partial charge in [0.2, 0.25) is 0 Å². The summed E-state index contributed by atoms with van der Waals surface area (Å²) in [6.07, 6.45) is 4.09. The molecular weight excluding hydrogens is 308 g/mol. The number of amides is 1. The number of nitrogens with one attached hydrogen (secondary N) is 1. The van der Waals surface area contributed by atoms with E-state index in [1.165, 1.54) is 18.6 Å². The van der Waals surface area contributed by atoms with Crippen molar-refractivity contribution in [2.75, 3.05) is 14.2 Å². The molecule has 7 nitrogen and oxygen atoms in total. The summed E-state index contributed by atoms with van der Waals surface area (Å²) in [5.74, 6) is 0.724. The summed E-state index contributed by atoms with van der Waals surface area (Å²) in [5.41, 5.74) is 3.12. The fraction of sp³-hybridized carbons (Fsp3) is 0.143. The minimum absolute atomic E-state index is 0.0767. The Labute approximate surface area is 131 Å². The van der Waals surface area contributed by atoms with Crippen molar-refractivity contribution in [2.45, 2.75) is 0 Å². The molecule has 1 aromatic heterocycles. The van der Waals surface area contributed by atoms with Crippen molar-refractivity contribution in [1.82, 2.24) is 15.4 Å². The van der Waals surface area contributed by atoms with Crippen LogP contribution in [0.2, 0.25) is 5.15 Å². The largest absolute Gasteiger partial charge is 0.497 e. The van der Waals surface area contributed by atoms with Gasteiger partial charge in [-0.2, -0.15) is 5.10 Å². The maximum absolute atomic E-state index is 11.8. The van der Waals surface area contributed by atoms with Gasteiger partial charge in [0.1, 0.15) is 22.3 Å². The molecule has 1 aromatic carbocycles. The van der Waals surface area contributed by atoms with E-state index in [2.05, 4.69) is 20.5 Å². The molecule has 0 radical (unpaired) electrons. The van der Waals surface area contributed by atoms with Crippen molar-refractivity contribution in [2.24, 2.45) is 5.10 Å². The van der Waals surface area contributed by atoms with E-state index in [0.29, 0.717) is 17.1 Å². The van der Waals surface area contributed by atoms with Gasteiger partial charge >= 0.3 is 0 Å². The van der Waals surface area contributed by atoms with E-state index in [1.54, 1.807) is 32.4 Å². The van der Waals surface area contributed by atoms with Gasteiger partial charge in [0.05, 0.1) is 32.8 Å². The number of hydrogen-bond donors (Lipinski definition) is 1. The van der Waals surface area contributed by atoms with Crippen molar-refractivity contribution in [3.63, 3.8) is 0 Å². The molecule has 1 heterocycles. The number of ether oxygens (including phenoxy) is 2. The van der Waals surface area contributed by atoms with Crippen molar-refractivity contribution in [1.29, 1.82) is 0 Å². The molecule has 2 rings (SSSR count). The molecule has 1 amide bonds. The summed E-state index contributed by atoms with van der Waals surface area (Å²) in [4.78, 5) is 19.4. The van der Waals surface area contributed by atoms with E-state index in [1.807, 2.05) is 0 Å². The molecular formula is C14H13ClN4O3. The van der Waals surface area contributed by atoms with Crippen molar-refractivity contribution in [3.8, 4) is 11.5 Å². The number of aromatic nitrogens is 2. The lowest BCUT2D eigenvalue weighted by Crippen LogP contribution is -2.19. The topological polar surface area (TPSA) is 85.7 Å². The molecule has 8 heteroatoms. The zero-order valence-electron chi connectivity index (χ0n) is 11.9. The van der Waals surface area contributed by atoms with Gasteiger partial charge in [-0.05, 0) is 12.1 Å². The summed E-state index contributed by atoms with van der Waals surface area (Å²) in [6, 6.07) is 5.23. The van der Waals surface area contributed by atoms with Gasteiger partial charge in [-0.1, -0.05) is 11.6 Å². The van der Waals surface area contributed by atoms with Crippen LogP contribution in [-0.2, 0) is 0 Å². The standard InChI is InChI=1S/C14H13ClN4O3/c1-21-10-3-9(4-11(5-10)22-2)6-17-19-14(20)12-7-16-8-13(15)18-12/h3-8H,1-2H3,(H,19,20). The fourth-order valence-electron chi connectivity index (χ4n) is 1.58. The van der Waals surface area contributed by atoms with E-state index >= 15 is 0 Å². The monoisotopic (exact) mass is 320 g/mol. The molecule has 2 aromatic rings. The van der Waals surface area contributed by atoms with Crippen LogP contribution in [0.1, 0.15) is 16.1 Å². The van der Waals surface area contributed by atoms with Crippen LogP contribution in [-0.4, -0.2) is 36.3 Å². The summed E-state index contributed by atoms with van der Waals surface area (Å²) in [6.45, 7) is 0. The SMILES string of the molecule is COc1cc(C=NNC(=O)c2cncc(Cl)n2)cc(OC)c1. The molecule has 0 spiro atoms. The molecule has 0 saturated heterocycles. The van der Waals surface area contributed by atoms with E-state index in [0.717, 1.165) is 0 Å². The maximum atomic E-state index is 11.8. The van der Waals surface area contributed by atoms with E-state index < -0.39 is 5.91 Å². The second-order valence-corrected chi connectivity index (χ2v) is 4.46. The summed E-state index contributed by atoms with van der Waals surface area (Å²) >= 11 is 5.67. The number of methoxy groups -OCH3 is 2. The Morgan fingerprint density at radius 1 is 1.23 bits per heavy atom. The number of hydrazone groups is 1. The third kappa shape index (κ3) is 4.16. The normalized spacial score (nSPS) is 10.5. The van der Waals surface area contributed by atoms with Crippen molar-refractivity contribution in [3.05, 3.63) is 47.0 Å². The second kappa shape index (κ2) is 7.37. The number of benzene rings is 1. The molecule has 0 aliphatic rings. The molecule has 0 aliphatic heterocycles. The van der Waals surface area contributed by atoms with Crippen molar-refractivity contribution >= 4 is 23.7 Å². The van der Waals surface area contributed by atoms with Crippen LogP contribution >= 0.6 is 11.6 Å². The zero-order valence-corrected chi connectivity index (χ0v) is 12.7. The first-order chi connectivity index (χ1) is 10.6. The molecule has 114 valence electrons. The Hall–Kier alpha value is -2.67. The van der Waals surface area contributed by atoms with Gasteiger partial charge in [0.25, 0.3) is 5.91 Å². The zero-order chi connectivity index (χ0) is 15.9. The highest BCUT2D eigenvalue weighted by molar-refractivity contribution is 6.29. The highest BCUT2D eigenvalue weighted by Gasteiger charge is 2.07. The van der Waals surface area contributed by atoms with Gasteiger partial charge in [-0.25, -0.2) is 10.4 Å². The highest BCUT2D eigenvalue weighted by atomic mass is 35.5. The van der Waals surface area contributed by atoms with Gasteiger partial charge in [-0.15, -0.1) is 0 Å². The first-order valence-electron chi connectivity index (χ1n) is 6.16. The van der Waals surface area contributed by atoms with Crippen molar-refractivity contribution < 1.29 is 14.3 Å². The molecule has 22 heavy (non-hydrogen) atoms. The van der Waals surface area contributed by atoms with E-state index in [9.17, 15) is 4.79 Å². The molecule has 0 unspecified atom stereocenters. The Kier molecular flexibility index (Phi) is 5.26. The third-order valence-electron chi connectivity index (χ3n) is 2.59. The van der Waals surface area contributed by atoms with Gasteiger partial charge in [-0.3, -0.25) is 9.78 Å². The first kappa shape index (κ1) is 15.7. The van der Waals surface area contributed by atoms with Crippen LogP contribution in [0.15, 0.2) is 35.7 Å². The van der Waals surface area contributed by atoms with Crippen LogP contribution in [0.4, 0.5) is 0 Å². The minimum Gasteiger partial charge on any atom is -0.497 e. The number of nitrogens with zero attached hydrogens (tertiary/aromatic N) is 3. The van der Waals surface area contributed by atoms with Crippen LogP contribution in [0.25, 0.3) is 0 Å². The number of carbonyl (C=O) groups is 1. The Morgan fingerprint density at radius 3 is 2.50 bits per heavy atom. The summed E-state index contributed by atoms with van der Waals surface area (Å²) < 4.78 is 10.3. The molecule has 0 saturated carbocycles. The summed E-state index contributed by atoms with van der Waals surface area (Å²) in [5, 5.41) is 3.99. The van der Waals surface area contributed by atoms with Gasteiger partial charge in [0, 0.05) is 11.6 Å². The molecule has 0 aliphatic carbocycles.